The van der Waals surface area contributed by atoms with Gasteiger partial charge in [-0.3, -0.25) is 9.59 Å². The second kappa shape index (κ2) is 5.54. The Balaban J connectivity index is 2.22. The molecular formula is C8H12O3S2. The maximum absolute atomic E-state index is 11.1. The fourth-order valence-corrected chi connectivity index (χ4v) is 3.98. The molecule has 1 fully saturated rings. The van der Waals surface area contributed by atoms with E-state index < -0.39 is 5.97 Å². The number of Topliss-reactive ketones (excluding diaryl/α,β-unsaturated/α-hetero) is 1. The van der Waals surface area contributed by atoms with E-state index in [2.05, 4.69) is 0 Å². The van der Waals surface area contributed by atoms with Crippen LogP contribution in [0.5, 0.6) is 0 Å². The largest absolute Gasteiger partial charge is 0.481 e. The summed E-state index contributed by atoms with van der Waals surface area (Å²) in [5.74, 6) is 1.02. The van der Waals surface area contributed by atoms with Crippen LogP contribution in [0.4, 0.5) is 0 Å². The number of ketones is 1. The van der Waals surface area contributed by atoms with Crippen LogP contribution < -0.4 is 0 Å². The molecule has 1 aliphatic heterocycles. The monoisotopic (exact) mass is 220 g/mol. The van der Waals surface area contributed by atoms with Crippen LogP contribution in [0.3, 0.4) is 0 Å². The molecule has 0 aromatic rings. The minimum absolute atomic E-state index is 0.153. The highest BCUT2D eigenvalue weighted by atomic mass is 32.2. The number of carboxylic acid groups (broad SMARTS) is 1. The summed E-state index contributed by atoms with van der Waals surface area (Å²) in [7, 11) is 0. The standard InChI is InChI=1S/C8H12O3S2/c9-6(4-7(10)11)5-8-12-2-1-3-13-8/h8H,1-5H2,(H,10,11). The van der Waals surface area contributed by atoms with Crippen LogP contribution in [0.2, 0.25) is 0 Å². The molecule has 1 rings (SSSR count). The lowest BCUT2D eigenvalue weighted by Crippen LogP contribution is -2.14. The average Bonchev–Trinajstić information content (AvgIpc) is 2.04. The highest BCUT2D eigenvalue weighted by molar-refractivity contribution is 8.17. The zero-order valence-corrected chi connectivity index (χ0v) is 8.83. The summed E-state index contributed by atoms with van der Waals surface area (Å²) in [5, 5.41) is 8.38. The molecule has 1 saturated heterocycles. The second-order valence-electron chi connectivity index (χ2n) is 2.84. The molecule has 0 aliphatic carbocycles. The van der Waals surface area contributed by atoms with Crippen LogP contribution in [0.15, 0.2) is 0 Å². The van der Waals surface area contributed by atoms with Gasteiger partial charge in [-0.2, -0.15) is 0 Å². The minimum Gasteiger partial charge on any atom is -0.481 e. The highest BCUT2D eigenvalue weighted by Crippen LogP contribution is 2.33. The first kappa shape index (κ1) is 10.9. The Morgan fingerprint density at radius 2 is 1.92 bits per heavy atom. The third-order valence-corrected chi connectivity index (χ3v) is 4.58. The van der Waals surface area contributed by atoms with Crippen molar-refractivity contribution >= 4 is 35.3 Å². The fraction of sp³-hybridized carbons (Fsp3) is 0.750. The van der Waals surface area contributed by atoms with Crippen LogP contribution in [0.25, 0.3) is 0 Å². The summed E-state index contributed by atoms with van der Waals surface area (Å²) in [6.45, 7) is 0. The molecule has 1 N–H and O–H groups in total. The number of hydrogen-bond donors (Lipinski definition) is 1. The molecule has 0 radical (unpaired) electrons. The summed E-state index contributed by atoms with van der Waals surface area (Å²) >= 11 is 3.54. The van der Waals surface area contributed by atoms with E-state index in [1.807, 2.05) is 0 Å². The maximum Gasteiger partial charge on any atom is 0.310 e. The molecule has 13 heavy (non-hydrogen) atoms. The first-order chi connectivity index (χ1) is 6.18. The van der Waals surface area contributed by atoms with Gasteiger partial charge in [0.15, 0.2) is 0 Å². The van der Waals surface area contributed by atoms with E-state index in [1.165, 1.54) is 6.42 Å². The summed E-state index contributed by atoms with van der Waals surface area (Å²) < 4.78 is 0.292. The van der Waals surface area contributed by atoms with Crippen molar-refractivity contribution in [3.63, 3.8) is 0 Å². The zero-order valence-electron chi connectivity index (χ0n) is 7.19. The highest BCUT2D eigenvalue weighted by Gasteiger charge is 2.19. The Labute approximate surface area is 85.7 Å². The van der Waals surface area contributed by atoms with E-state index in [1.54, 1.807) is 23.5 Å². The van der Waals surface area contributed by atoms with Gasteiger partial charge in [-0.15, -0.1) is 23.5 Å². The SMILES string of the molecule is O=C(O)CC(=O)CC1SCCCS1. The smallest absolute Gasteiger partial charge is 0.310 e. The van der Waals surface area contributed by atoms with E-state index in [9.17, 15) is 9.59 Å². The number of rotatable bonds is 4. The normalized spacial score (nSPS) is 18.5. The number of thioether (sulfide) groups is 2. The molecule has 3 nitrogen and oxygen atoms in total. The first-order valence-electron chi connectivity index (χ1n) is 4.15. The molecule has 74 valence electrons. The Morgan fingerprint density at radius 1 is 1.31 bits per heavy atom. The van der Waals surface area contributed by atoms with Crippen molar-refractivity contribution in [2.75, 3.05) is 11.5 Å². The van der Waals surface area contributed by atoms with Gasteiger partial charge in [-0.25, -0.2) is 0 Å². The van der Waals surface area contributed by atoms with E-state index in [0.29, 0.717) is 11.0 Å². The minimum atomic E-state index is -1.02. The molecule has 0 unspecified atom stereocenters. The van der Waals surface area contributed by atoms with E-state index in [-0.39, 0.29) is 12.2 Å². The van der Waals surface area contributed by atoms with Crippen molar-refractivity contribution in [2.45, 2.75) is 23.8 Å². The Hall–Kier alpha value is -0.160. The van der Waals surface area contributed by atoms with Crippen molar-refractivity contribution in [2.24, 2.45) is 0 Å². The van der Waals surface area contributed by atoms with Gasteiger partial charge in [0.25, 0.3) is 0 Å². The van der Waals surface area contributed by atoms with Crippen LogP contribution in [-0.4, -0.2) is 32.9 Å². The lowest BCUT2D eigenvalue weighted by Gasteiger charge is -2.19. The van der Waals surface area contributed by atoms with Crippen LogP contribution >= 0.6 is 23.5 Å². The van der Waals surface area contributed by atoms with Gasteiger partial charge >= 0.3 is 5.97 Å². The van der Waals surface area contributed by atoms with E-state index in [4.69, 9.17) is 5.11 Å². The predicted octanol–water partition coefficient (Wildman–Crippen LogP) is 1.62. The molecule has 0 saturated carbocycles. The number of carbonyl (C=O) groups excluding carboxylic acids is 1. The molecule has 0 aromatic heterocycles. The fourth-order valence-electron chi connectivity index (χ4n) is 1.08. The van der Waals surface area contributed by atoms with Gasteiger partial charge in [0, 0.05) is 6.42 Å². The maximum atomic E-state index is 11.1. The molecular weight excluding hydrogens is 208 g/mol. The molecule has 0 spiro atoms. The van der Waals surface area contributed by atoms with Crippen molar-refractivity contribution in [3.05, 3.63) is 0 Å². The Morgan fingerprint density at radius 3 is 2.46 bits per heavy atom. The van der Waals surface area contributed by atoms with Gasteiger partial charge in [0.1, 0.15) is 12.2 Å². The summed E-state index contributed by atoms with van der Waals surface area (Å²) in [6.07, 6.45) is 1.28. The van der Waals surface area contributed by atoms with Crippen LogP contribution in [-0.2, 0) is 9.59 Å². The molecule has 0 amide bonds. The van der Waals surface area contributed by atoms with Crippen LogP contribution in [0, 0.1) is 0 Å². The third-order valence-electron chi connectivity index (χ3n) is 1.64. The van der Waals surface area contributed by atoms with Crippen molar-refractivity contribution in [3.8, 4) is 0 Å². The molecule has 1 heterocycles. The van der Waals surface area contributed by atoms with Crippen LogP contribution in [0.1, 0.15) is 19.3 Å². The van der Waals surface area contributed by atoms with E-state index >= 15 is 0 Å². The van der Waals surface area contributed by atoms with Crippen molar-refractivity contribution in [1.29, 1.82) is 0 Å². The topological polar surface area (TPSA) is 54.4 Å². The van der Waals surface area contributed by atoms with Crippen molar-refractivity contribution in [1.82, 2.24) is 0 Å². The number of aliphatic carboxylic acids is 1. The van der Waals surface area contributed by atoms with Gasteiger partial charge in [0.05, 0.1) is 4.58 Å². The average molecular weight is 220 g/mol. The van der Waals surface area contributed by atoms with E-state index in [0.717, 1.165) is 11.5 Å². The molecule has 0 aromatic carbocycles. The molecule has 0 bridgehead atoms. The van der Waals surface area contributed by atoms with Gasteiger partial charge in [-0.05, 0) is 17.9 Å². The lowest BCUT2D eigenvalue weighted by molar-refractivity contribution is -0.140. The number of carboxylic acids is 1. The zero-order chi connectivity index (χ0) is 9.68. The van der Waals surface area contributed by atoms with Gasteiger partial charge in [0.2, 0.25) is 0 Å². The third kappa shape index (κ3) is 4.57. The summed E-state index contributed by atoms with van der Waals surface area (Å²) in [5.41, 5.74) is 0. The predicted molar refractivity (Wildman–Crippen MR) is 55.2 cm³/mol. The number of carbonyl (C=O) groups is 2. The lowest BCUT2D eigenvalue weighted by atomic mass is 10.2. The molecule has 0 atom stereocenters. The Kier molecular flexibility index (Phi) is 4.66. The number of hydrogen-bond acceptors (Lipinski definition) is 4. The first-order valence-corrected chi connectivity index (χ1v) is 6.25. The van der Waals surface area contributed by atoms with Gasteiger partial charge in [-0.1, -0.05) is 0 Å². The quantitative estimate of drug-likeness (QED) is 0.730. The Bertz CT molecular complexity index is 200. The van der Waals surface area contributed by atoms with Crippen molar-refractivity contribution < 1.29 is 14.7 Å². The summed E-state index contributed by atoms with van der Waals surface area (Å²) in [6, 6.07) is 0. The molecule has 1 aliphatic rings. The summed E-state index contributed by atoms with van der Waals surface area (Å²) in [4.78, 5) is 21.3. The second-order valence-corrected chi connectivity index (χ2v) is 5.76. The van der Waals surface area contributed by atoms with Gasteiger partial charge < -0.3 is 5.11 Å². The molecule has 5 heteroatoms.